The van der Waals surface area contributed by atoms with E-state index in [0.717, 1.165) is 21.9 Å². The molecule has 2 aromatic heterocycles. The first-order valence-corrected chi connectivity index (χ1v) is 9.04. The van der Waals surface area contributed by atoms with Crippen molar-refractivity contribution in [2.75, 3.05) is 5.32 Å². The Morgan fingerprint density at radius 1 is 1.33 bits per heavy atom. The van der Waals surface area contributed by atoms with Crippen LogP contribution in [-0.2, 0) is 13.7 Å². The molecule has 1 amide bonds. The number of amides is 1. The zero-order valence-corrected chi connectivity index (χ0v) is 16.5. The monoisotopic (exact) mass is 387 g/mol. The smallest absolute Gasteiger partial charge is 0.292 e. The topological polar surface area (TPSA) is 69.3 Å². The molecule has 0 atom stereocenters. The molecule has 0 saturated carbocycles. The Bertz CT molecular complexity index is 959. The minimum absolute atomic E-state index is 0.204. The third-order valence-corrected chi connectivity index (χ3v) is 4.53. The van der Waals surface area contributed by atoms with Crippen molar-refractivity contribution >= 4 is 23.3 Å². The number of ether oxygens (including phenoxy) is 1. The van der Waals surface area contributed by atoms with Crippen LogP contribution in [0.4, 0.5) is 5.82 Å². The summed E-state index contributed by atoms with van der Waals surface area (Å²) in [5, 5.41) is 7.51. The molecule has 0 aliphatic heterocycles. The summed E-state index contributed by atoms with van der Waals surface area (Å²) in [4.78, 5) is 12.2. The van der Waals surface area contributed by atoms with Gasteiger partial charge in [0.15, 0.2) is 11.6 Å². The van der Waals surface area contributed by atoms with Crippen molar-refractivity contribution in [2.24, 2.45) is 7.05 Å². The van der Waals surface area contributed by atoms with Crippen molar-refractivity contribution in [1.82, 2.24) is 9.78 Å². The number of aryl methyl sites for hydroxylation is 2. The van der Waals surface area contributed by atoms with Crippen LogP contribution in [-0.4, -0.2) is 15.7 Å². The van der Waals surface area contributed by atoms with Crippen molar-refractivity contribution < 1.29 is 13.9 Å². The molecule has 0 aliphatic carbocycles. The summed E-state index contributed by atoms with van der Waals surface area (Å²) < 4.78 is 13.1. The van der Waals surface area contributed by atoms with Gasteiger partial charge in [0, 0.05) is 24.3 Å². The second-order valence-electron chi connectivity index (χ2n) is 6.68. The highest BCUT2D eigenvalue weighted by Crippen LogP contribution is 2.32. The average molecular weight is 388 g/mol. The maximum atomic E-state index is 12.2. The Balaban J connectivity index is 1.68. The van der Waals surface area contributed by atoms with Gasteiger partial charge in [0.2, 0.25) is 0 Å². The lowest BCUT2D eigenvalue weighted by atomic mass is 10.0. The van der Waals surface area contributed by atoms with Crippen LogP contribution in [0.3, 0.4) is 0 Å². The first kappa shape index (κ1) is 19.0. The van der Waals surface area contributed by atoms with Gasteiger partial charge < -0.3 is 14.5 Å². The third kappa shape index (κ3) is 4.52. The van der Waals surface area contributed by atoms with Crippen LogP contribution in [0.5, 0.6) is 5.75 Å². The number of carbonyl (C=O) groups excluding carboxylic acids is 1. The summed E-state index contributed by atoms with van der Waals surface area (Å²) in [5.41, 5.74) is 1.98. The molecule has 0 saturated heterocycles. The number of aromatic nitrogens is 2. The van der Waals surface area contributed by atoms with Crippen LogP contribution in [0, 0.1) is 6.92 Å². The first-order chi connectivity index (χ1) is 12.8. The van der Waals surface area contributed by atoms with Crippen LogP contribution >= 0.6 is 11.6 Å². The zero-order valence-electron chi connectivity index (χ0n) is 15.7. The van der Waals surface area contributed by atoms with Crippen LogP contribution in [0.1, 0.15) is 47.2 Å². The van der Waals surface area contributed by atoms with Gasteiger partial charge in [-0.3, -0.25) is 9.48 Å². The van der Waals surface area contributed by atoms with Gasteiger partial charge in [-0.2, -0.15) is 5.10 Å². The van der Waals surface area contributed by atoms with Crippen molar-refractivity contribution in [3.05, 3.63) is 64.2 Å². The van der Waals surface area contributed by atoms with Gasteiger partial charge in [-0.25, -0.2) is 0 Å². The minimum atomic E-state index is -0.356. The molecule has 0 bridgehead atoms. The lowest BCUT2D eigenvalue weighted by Gasteiger charge is -2.15. The molecule has 0 radical (unpaired) electrons. The van der Waals surface area contributed by atoms with Gasteiger partial charge >= 0.3 is 0 Å². The van der Waals surface area contributed by atoms with Crippen molar-refractivity contribution in [1.29, 1.82) is 0 Å². The molecule has 0 spiro atoms. The number of anilines is 1. The van der Waals surface area contributed by atoms with Crippen molar-refractivity contribution in [3.63, 3.8) is 0 Å². The molecule has 27 heavy (non-hydrogen) atoms. The first-order valence-electron chi connectivity index (χ1n) is 8.66. The van der Waals surface area contributed by atoms with Gasteiger partial charge in [-0.15, -0.1) is 0 Å². The van der Waals surface area contributed by atoms with Gasteiger partial charge in [-0.1, -0.05) is 25.4 Å². The predicted octanol–water partition coefficient (Wildman–Crippen LogP) is 4.93. The Labute approximate surface area is 163 Å². The van der Waals surface area contributed by atoms with Crippen molar-refractivity contribution in [2.45, 2.75) is 33.3 Å². The molecule has 2 heterocycles. The highest BCUT2D eigenvalue weighted by atomic mass is 35.5. The lowest BCUT2D eigenvalue weighted by Crippen LogP contribution is -2.11. The van der Waals surface area contributed by atoms with Crippen molar-refractivity contribution in [3.8, 4) is 5.75 Å². The van der Waals surface area contributed by atoms with E-state index in [4.69, 9.17) is 20.8 Å². The van der Waals surface area contributed by atoms with E-state index >= 15 is 0 Å². The third-order valence-electron chi connectivity index (χ3n) is 4.12. The molecule has 1 aromatic carbocycles. The summed E-state index contributed by atoms with van der Waals surface area (Å²) in [6, 6.07) is 8.92. The fourth-order valence-corrected chi connectivity index (χ4v) is 2.80. The number of hydrogen-bond acceptors (Lipinski definition) is 4. The lowest BCUT2D eigenvalue weighted by molar-refractivity contribution is 0.0992. The molecule has 0 unspecified atom stereocenters. The van der Waals surface area contributed by atoms with Crippen LogP contribution in [0.25, 0.3) is 0 Å². The molecule has 6 nitrogen and oxygen atoms in total. The number of nitrogens with zero attached hydrogens (tertiary/aromatic N) is 2. The Hall–Kier alpha value is -2.73. The van der Waals surface area contributed by atoms with E-state index < -0.39 is 0 Å². The number of benzene rings is 1. The van der Waals surface area contributed by atoms with E-state index in [9.17, 15) is 4.79 Å². The Morgan fingerprint density at radius 3 is 2.78 bits per heavy atom. The van der Waals surface area contributed by atoms with Gasteiger partial charge in [0.05, 0.1) is 0 Å². The fraction of sp³-hybridized carbons (Fsp3) is 0.300. The largest absolute Gasteiger partial charge is 0.485 e. The van der Waals surface area contributed by atoms with E-state index in [1.807, 2.05) is 19.1 Å². The molecular formula is C20H22ClN3O3. The van der Waals surface area contributed by atoms with E-state index in [1.54, 1.807) is 36.1 Å². The molecule has 142 valence electrons. The number of rotatable bonds is 6. The highest BCUT2D eigenvalue weighted by Gasteiger charge is 2.15. The summed E-state index contributed by atoms with van der Waals surface area (Å²) in [6.07, 6.45) is 1.75. The average Bonchev–Trinajstić information content (AvgIpc) is 3.24. The number of carbonyl (C=O) groups is 1. The molecule has 0 aliphatic rings. The molecule has 0 fully saturated rings. The SMILES string of the molecule is Cc1cc(OCc2ccc(C(=O)Nc3ccn(C)n3)o2)c(C(C)C)cc1Cl. The number of furan rings is 1. The number of nitrogens with one attached hydrogen (secondary N) is 1. The summed E-state index contributed by atoms with van der Waals surface area (Å²) >= 11 is 6.23. The second-order valence-corrected chi connectivity index (χ2v) is 7.08. The quantitative estimate of drug-likeness (QED) is 0.651. The Morgan fingerprint density at radius 2 is 2.11 bits per heavy atom. The van der Waals surface area contributed by atoms with E-state index in [0.29, 0.717) is 11.6 Å². The summed E-state index contributed by atoms with van der Waals surface area (Å²) in [7, 11) is 1.78. The zero-order chi connectivity index (χ0) is 19.6. The molecule has 3 aromatic rings. The highest BCUT2D eigenvalue weighted by molar-refractivity contribution is 6.31. The molecule has 7 heteroatoms. The normalized spacial score (nSPS) is 11.0. The maximum absolute atomic E-state index is 12.2. The minimum Gasteiger partial charge on any atom is -0.485 e. The van der Waals surface area contributed by atoms with Crippen LogP contribution in [0.2, 0.25) is 5.02 Å². The summed E-state index contributed by atoms with van der Waals surface area (Å²) in [5.74, 6) is 1.91. The van der Waals surface area contributed by atoms with Gasteiger partial charge in [-0.05, 0) is 48.2 Å². The van der Waals surface area contributed by atoms with Gasteiger partial charge in [0.1, 0.15) is 18.1 Å². The molecule has 3 rings (SSSR count). The molecule has 1 N–H and O–H groups in total. The van der Waals surface area contributed by atoms with E-state index in [1.165, 1.54) is 0 Å². The standard InChI is InChI=1S/C20H22ClN3O3/c1-12(2)15-10-16(21)13(3)9-18(15)26-11-14-5-6-17(27-14)20(25)22-19-7-8-24(4)23-19/h5-10,12H,11H2,1-4H3,(H,22,23,25). The molecular weight excluding hydrogens is 366 g/mol. The van der Waals surface area contributed by atoms with E-state index in [2.05, 4.69) is 24.3 Å². The van der Waals surface area contributed by atoms with Crippen LogP contribution in [0.15, 0.2) is 40.9 Å². The Kier molecular flexibility index (Phi) is 5.56. The maximum Gasteiger partial charge on any atom is 0.292 e. The van der Waals surface area contributed by atoms with E-state index in [-0.39, 0.29) is 24.2 Å². The second kappa shape index (κ2) is 7.88. The summed E-state index contributed by atoms with van der Waals surface area (Å²) in [6.45, 7) is 6.32. The van der Waals surface area contributed by atoms with Gasteiger partial charge in [0.25, 0.3) is 5.91 Å². The fourth-order valence-electron chi connectivity index (χ4n) is 2.63. The predicted molar refractivity (Wildman–Crippen MR) is 104 cm³/mol. The van der Waals surface area contributed by atoms with Crippen LogP contribution < -0.4 is 10.1 Å². The number of halogens is 1. The number of hydrogen-bond donors (Lipinski definition) is 1.